The van der Waals surface area contributed by atoms with Gasteiger partial charge in [0.15, 0.2) is 0 Å². The van der Waals surface area contributed by atoms with E-state index in [1.807, 2.05) is 25.1 Å². The maximum Gasteiger partial charge on any atom is 0.0791 e. The van der Waals surface area contributed by atoms with E-state index in [2.05, 4.69) is 15.9 Å². The maximum absolute atomic E-state index is 10.1. The van der Waals surface area contributed by atoms with Gasteiger partial charge in [-0.15, -0.1) is 0 Å². The predicted octanol–water partition coefficient (Wildman–Crippen LogP) is 3.75. The first-order valence-corrected chi connectivity index (χ1v) is 7.02. The average molecular weight is 299 g/mol. The lowest BCUT2D eigenvalue weighted by molar-refractivity contribution is 0.0812. The Hall–Kier alpha value is -0.380. The zero-order valence-electron chi connectivity index (χ0n) is 10.2. The summed E-state index contributed by atoms with van der Waals surface area (Å²) in [5.74, 6) is 0. The number of hydrogen-bond acceptors (Lipinski definition) is 2. The molecule has 0 aromatic heterocycles. The van der Waals surface area contributed by atoms with Crippen LogP contribution in [0.3, 0.4) is 0 Å². The molecule has 0 bridgehead atoms. The molecule has 1 aliphatic rings. The Morgan fingerprint density at radius 2 is 2.35 bits per heavy atom. The van der Waals surface area contributed by atoms with Crippen LogP contribution in [0.25, 0.3) is 0 Å². The summed E-state index contributed by atoms with van der Waals surface area (Å²) < 4.78 is 6.62. The van der Waals surface area contributed by atoms with Gasteiger partial charge in [-0.3, -0.25) is 0 Å². The van der Waals surface area contributed by atoms with E-state index in [-0.39, 0.29) is 6.10 Å². The third-order valence-corrected chi connectivity index (χ3v) is 4.22. The largest absolute Gasteiger partial charge is 0.388 e. The maximum atomic E-state index is 10.1. The van der Waals surface area contributed by atoms with E-state index in [1.54, 1.807) is 0 Å². The van der Waals surface area contributed by atoms with Crippen LogP contribution < -0.4 is 0 Å². The third-order valence-electron chi connectivity index (χ3n) is 3.37. The van der Waals surface area contributed by atoms with Gasteiger partial charge in [0.2, 0.25) is 0 Å². The highest BCUT2D eigenvalue weighted by Crippen LogP contribution is 2.26. The fourth-order valence-electron chi connectivity index (χ4n) is 2.20. The van der Waals surface area contributed by atoms with Crippen molar-refractivity contribution in [3.63, 3.8) is 0 Å². The quantitative estimate of drug-likeness (QED) is 0.917. The summed E-state index contributed by atoms with van der Waals surface area (Å²) in [6.07, 6.45) is 4.02. The molecule has 0 aliphatic carbocycles. The smallest absolute Gasteiger partial charge is 0.0791 e. The molecule has 0 amide bonds. The van der Waals surface area contributed by atoms with Crippen molar-refractivity contribution in [2.45, 2.75) is 44.8 Å². The molecule has 1 N–H and O–H groups in total. The summed E-state index contributed by atoms with van der Waals surface area (Å²) in [7, 11) is 0. The van der Waals surface area contributed by atoms with E-state index in [9.17, 15) is 5.11 Å². The fraction of sp³-hybridized carbons (Fsp3) is 0.571. The van der Waals surface area contributed by atoms with Crippen LogP contribution in [0.5, 0.6) is 0 Å². The van der Waals surface area contributed by atoms with Crippen LogP contribution in [0.4, 0.5) is 0 Å². The molecule has 17 heavy (non-hydrogen) atoms. The fourth-order valence-corrected chi connectivity index (χ4v) is 2.60. The van der Waals surface area contributed by atoms with E-state index >= 15 is 0 Å². The number of aliphatic hydroxyl groups excluding tert-OH is 1. The first kappa shape index (κ1) is 13.1. The Kier molecular flexibility index (Phi) is 4.60. The molecule has 0 spiro atoms. The summed E-state index contributed by atoms with van der Waals surface area (Å²) in [5.41, 5.74) is 2.18. The van der Waals surface area contributed by atoms with Crippen LogP contribution in [0, 0.1) is 6.92 Å². The van der Waals surface area contributed by atoms with Crippen molar-refractivity contribution in [1.82, 2.24) is 0 Å². The molecule has 0 radical (unpaired) electrons. The Balaban J connectivity index is 1.89. The van der Waals surface area contributed by atoms with E-state index < -0.39 is 0 Å². The lowest BCUT2D eigenvalue weighted by Crippen LogP contribution is -2.08. The second kappa shape index (κ2) is 5.98. The standard InChI is InChI=1S/C14H19BrO2/c1-10-4-5-11(9-13(10)15)14(16)7-6-12-3-2-8-17-12/h4-5,9,12,14,16H,2-3,6-8H2,1H3. The van der Waals surface area contributed by atoms with Crippen molar-refractivity contribution in [2.75, 3.05) is 6.61 Å². The van der Waals surface area contributed by atoms with Crippen LogP contribution >= 0.6 is 15.9 Å². The van der Waals surface area contributed by atoms with Crippen molar-refractivity contribution in [1.29, 1.82) is 0 Å². The van der Waals surface area contributed by atoms with Gasteiger partial charge in [-0.25, -0.2) is 0 Å². The number of hydrogen-bond donors (Lipinski definition) is 1. The van der Waals surface area contributed by atoms with Crippen molar-refractivity contribution in [2.24, 2.45) is 0 Å². The number of aliphatic hydroxyl groups is 1. The minimum absolute atomic E-state index is 0.360. The van der Waals surface area contributed by atoms with Crippen LogP contribution in [-0.4, -0.2) is 17.8 Å². The van der Waals surface area contributed by atoms with E-state index in [1.165, 1.54) is 5.56 Å². The summed E-state index contributed by atoms with van der Waals surface area (Å²) in [6, 6.07) is 6.05. The Morgan fingerprint density at radius 3 is 3.00 bits per heavy atom. The van der Waals surface area contributed by atoms with Gasteiger partial charge in [-0.1, -0.05) is 28.1 Å². The molecule has 1 aliphatic heterocycles. The topological polar surface area (TPSA) is 29.5 Å². The minimum atomic E-state index is -0.379. The van der Waals surface area contributed by atoms with E-state index in [0.29, 0.717) is 6.10 Å². The van der Waals surface area contributed by atoms with E-state index in [4.69, 9.17) is 4.74 Å². The summed E-state index contributed by atoms with van der Waals surface area (Å²) in [4.78, 5) is 0. The van der Waals surface area contributed by atoms with Gasteiger partial charge in [-0.2, -0.15) is 0 Å². The summed E-state index contributed by atoms with van der Waals surface area (Å²) in [6.45, 7) is 2.93. The van der Waals surface area contributed by atoms with E-state index in [0.717, 1.165) is 42.3 Å². The van der Waals surface area contributed by atoms with Crippen LogP contribution in [0.2, 0.25) is 0 Å². The number of halogens is 1. The van der Waals surface area contributed by atoms with Gasteiger partial charge >= 0.3 is 0 Å². The number of ether oxygens (including phenoxy) is 1. The lowest BCUT2D eigenvalue weighted by atomic mass is 10.0. The lowest BCUT2D eigenvalue weighted by Gasteiger charge is -2.15. The van der Waals surface area contributed by atoms with Crippen molar-refractivity contribution < 1.29 is 9.84 Å². The summed E-state index contributed by atoms with van der Waals surface area (Å²) >= 11 is 3.50. The van der Waals surface area contributed by atoms with Gasteiger partial charge in [0.1, 0.15) is 0 Å². The Labute approximate surface area is 111 Å². The molecule has 2 rings (SSSR count). The van der Waals surface area contributed by atoms with Crippen LogP contribution in [0.1, 0.15) is 42.9 Å². The van der Waals surface area contributed by atoms with Gasteiger partial charge in [0, 0.05) is 11.1 Å². The second-order valence-electron chi connectivity index (χ2n) is 4.74. The Morgan fingerprint density at radius 1 is 1.53 bits per heavy atom. The predicted molar refractivity (Wildman–Crippen MR) is 72.0 cm³/mol. The monoisotopic (exact) mass is 298 g/mol. The first-order chi connectivity index (χ1) is 8.16. The molecule has 2 unspecified atom stereocenters. The molecule has 2 nitrogen and oxygen atoms in total. The highest BCUT2D eigenvalue weighted by molar-refractivity contribution is 9.10. The number of aryl methyl sites for hydroxylation is 1. The molecule has 0 saturated carbocycles. The zero-order chi connectivity index (χ0) is 12.3. The van der Waals surface area contributed by atoms with Gasteiger partial charge in [0.05, 0.1) is 12.2 Å². The van der Waals surface area contributed by atoms with Crippen molar-refractivity contribution in [3.8, 4) is 0 Å². The van der Waals surface area contributed by atoms with Crippen molar-refractivity contribution in [3.05, 3.63) is 33.8 Å². The molecule has 1 aromatic carbocycles. The molecule has 1 fully saturated rings. The zero-order valence-corrected chi connectivity index (χ0v) is 11.7. The first-order valence-electron chi connectivity index (χ1n) is 6.22. The molecular formula is C14H19BrO2. The SMILES string of the molecule is Cc1ccc(C(O)CCC2CCCO2)cc1Br. The normalized spacial score (nSPS) is 21.7. The van der Waals surface area contributed by atoms with Gasteiger partial charge < -0.3 is 9.84 Å². The molecular weight excluding hydrogens is 280 g/mol. The van der Waals surface area contributed by atoms with Crippen molar-refractivity contribution >= 4 is 15.9 Å². The summed E-state index contributed by atoms with van der Waals surface area (Å²) in [5, 5.41) is 10.1. The highest BCUT2D eigenvalue weighted by Gasteiger charge is 2.17. The molecule has 1 aromatic rings. The van der Waals surface area contributed by atoms with Crippen LogP contribution in [0.15, 0.2) is 22.7 Å². The third kappa shape index (κ3) is 3.54. The number of benzene rings is 1. The molecule has 1 saturated heterocycles. The number of rotatable bonds is 4. The van der Waals surface area contributed by atoms with Gasteiger partial charge in [-0.05, 0) is 49.8 Å². The molecule has 1 heterocycles. The minimum Gasteiger partial charge on any atom is -0.388 e. The van der Waals surface area contributed by atoms with Crippen LogP contribution in [-0.2, 0) is 4.74 Å². The van der Waals surface area contributed by atoms with Gasteiger partial charge in [0.25, 0.3) is 0 Å². The average Bonchev–Trinajstić information content (AvgIpc) is 2.82. The second-order valence-corrected chi connectivity index (χ2v) is 5.59. The highest BCUT2D eigenvalue weighted by atomic mass is 79.9. The molecule has 3 heteroatoms. The molecule has 2 atom stereocenters. The molecule has 94 valence electrons. The Bertz CT molecular complexity index is 372.